The second-order valence-corrected chi connectivity index (χ2v) is 5.30. The van der Waals surface area contributed by atoms with Crippen LogP contribution >= 0.6 is 0 Å². The lowest BCUT2D eigenvalue weighted by atomic mass is 10.0. The molecule has 0 radical (unpaired) electrons. The third-order valence-electron chi connectivity index (χ3n) is 4.10. The molecule has 0 aliphatic carbocycles. The molecular formula is C13H15N5O2. The van der Waals surface area contributed by atoms with Gasteiger partial charge in [-0.2, -0.15) is 5.10 Å². The van der Waals surface area contributed by atoms with E-state index in [1.807, 2.05) is 4.68 Å². The number of primary amides is 1. The fourth-order valence-corrected chi connectivity index (χ4v) is 3.09. The number of nitrogens with two attached hydrogens (primary N) is 1. The van der Waals surface area contributed by atoms with Crippen molar-refractivity contribution < 1.29 is 9.32 Å². The van der Waals surface area contributed by atoms with Gasteiger partial charge >= 0.3 is 6.03 Å². The molecule has 4 rings (SSSR count). The molecule has 0 bridgehead atoms. The first-order chi connectivity index (χ1) is 9.74. The van der Waals surface area contributed by atoms with Gasteiger partial charge in [0.1, 0.15) is 12.0 Å². The first kappa shape index (κ1) is 11.5. The van der Waals surface area contributed by atoms with Gasteiger partial charge in [0.2, 0.25) is 0 Å². The molecule has 2 aromatic heterocycles. The molecule has 0 aromatic carbocycles. The summed E-state index contributed by atoms with van der Waals surface area (Å²) in [5, 5.41) is 8.82. The summed E-state index contributed by atoms with van der Waals surface area (Å²) in [5.41, 5.74) is 10.5. The first-order valence-corrected chi connectivity index (χ1v) is 6.80. The third kappa shape index (κ3) is 1.55. The zero-order chi connectivity index (χ0) is 13.7. The minimum Gasteiger partial charge on any atom is -0.364 e. The van der Waals surface area contributed by atoms with Crippen LogP contribution in [0.25, 0.3) is 11.4 Å². The summed E-state index contributed by atoms with van der Waals surface area (Å²) in [5.74, 6) is 0. The van der Waals surface area contributed by atoms with Crippen LogP contribution in [-0.4, -0.2) is 32.4 Å². The van der Waals surface area contributed by atoms with Gasteiger partial charge in [-0.3, -0.25) is 4.68 Å². The minimum atomic E-state index is -0.385. The molecule has 0 fully saturated rings. The van der Waals surface area contributed by atoms with E-state index in [9.17, 15) is 4.79 Å². The number of amides is 2. The summed E-state index contributed by atoms with van der Waals surface area (Å²) < 4.78 is 7.12. The SMILES string of the molecule is NC(=O)N1CCc2nn3c(c2C1)-c1nocc1CCC3. The largest absolute Gasteiger partial charge is 0.364 e. The summed E-state index contributed by atoms with van der Waals surface area (Å²) in [4.78, 5) is 13.1. The molecule has 2 N–H and O–H groups in total. The molecule has 0 spiro atoms. The van der Waals surface area contributed by atoms with Gasteiger partial charge in [-0.15, -0.1) is 0 Å². The summed E-state index contributed by atoms with van der Waals surface area (Å²) in [6, 6.07) is -0.385. The fourth-order valence-electron chi connectivity index (χ4n) is 3.09. The number of rotatable bonds is 0. The van der Waals surface area contributed by atoms with Crippen molar-refractivity contribution in [3.63, 3.8) is 0 Å². The lowest BCUT2D eigenvalue weighted by Gasteiger charge is -2.24. The quantitative estimate of drug-likeness (QED) is 0.772. The number of carbonyl (C=O) groups is 1. The summed E-state index contributed by atoms with van der Waals surface area (Å²) >= 11 is 0. The van der Waals surface area contributed by atoms with E-state index in [0.717, 1.165) is 54.0 Å². The van der Waals surface area contributed by atoms with E-state index in [0.29, 0.717) is 13.1 Å². The number of carbonyl (C=O) groups excluding carboxylic acids is 1. The Balaban J connectivity index is 1.87. The molecule has 104 valence electrons. The van der Waals surface area contributed by atoms with Crippen LogP contribution in [-0.2, 0) is 25.9 Å². The predicted octanol–water partition coefficient (Wildman–Crippen LogP) is 0.921. The molecule has 0 saturated heterocycles. The fraction of sp³-hybridized carbons (Fsp3) is 0.462. The number of hydrogen-bond acceptors (Lipinski definition) is 4. The average Bonchev–Trinajstić information content (AvgIpc) is 2.98. The first-order valence-electron chi connectivity index (χ1n) is 6.80. The Labute approximate surface area is 115 Å². The molecule has 7 heteroatoms. The topological polar surface area (TPSA) is 90.2 Å². The van der Waals surface area contributed by atoms with Crippen molar-refractivity contribution in [2.75, 3.05) is 6.54 Å². The molecule has 0 saturated carbocycles. The Morgan fingerprint density at radius 2 is 2.25 bits per heavy atom. The van der Waals surface area contributed by atoms with Crippen molar-refractivity contribution in [1.82, 2.24) is 19.8 Å². The highest BCUT2D eigenvalue weighted by Crippen LogP contribution is 2.34. The number of nitrogens with zero attached hydrogens (tertiary/aromatic N) is 4. The molecule has 20 heavy (non-hydrogen) atoms. The Bertz CT molecular complexity index is 687. The molecule has 2 aliphatic heterocycles. The molecule has 0 unspecified atom stereocenters. The number of aryl methyl sites for hydroxylation is 2. The van der Waals surface area contributed by atoms with Gasteiger partial charge in [-0.1, -0.05) is 5.16 Å². The van der Waals surface area contributed by atoms with Gasteiger partial charge in [-0.25, -0.2) is 4.79 Å². The van der Waals surface area contributed by atoms with E-state index < -0.39 is 0 Å². The monoisotopic (exact) mass is 273 g/mol. The Hall–Kier alpha value is -2.31. The van der Waals surface area contributed by atoms with Crippen LogP contribution < -0.4 is 5.73 Å². The van der Waals surface area contributed by atoms with Gasteiger partial charge in [-0.05, 0) is 12.8 Å². The van der Waals surface area contributed by atoms with Gasteiger partial charge < -0.3 is 15.2 Å². The van der Waals surface area contributed by atoms with Gasteiger partial charge in [0.05, 0.1) is 17.9 Å². The normalized spacial score (nSPS) is 17.1. The molecule has 2 aliphatic rings. The average molecular weight is 273 g/mol. The van der Waals surface area contributed by atoms with Crippen molar-refractivity contribution >= 4 is 6.03 Å². The zero-order valence-corrected chi connectivity index (χ0v) is 11.0. The number of urea groups is 1. The van der Waals surface area contributed by atoms with E-state index in [-0.39, 0.29) is 6.03 Å². The van der Waals surface area contributed by atoms with E-state index in [1.165, 1.54) is 0 Å². The van der Waals surface area contributed by atoms with Crippen LogP contribution in [0.15, 0.2) is 10.8 Å². The summed E-state index contributed by atoms with van der Waals surface area (Å²) in [7, 11) is 0. The molecular weight excluding hydrogens is 258 g/mol. The summed E-state index contributed by atoms with van der Waals surface area (Å²) in [6.45, 7) is 2.01. The molecule has 2 aromatic rings. The van der Waals surface area contributed by atoms with Crippen molar-refractivity contribution in [3.05, 3.63) is 23.1 Å². The van der Waals surface area contributed by atoms with Crippen LogP contribution in [0.2, 0.25) is 0 Å². The zero-order valence-electron chi connectivity index (χ0n) is 11.0. The van der Waals surface area contributed by atoms with Crippen molar-refractivity contribution in [2.24, 2.45) is 5.73 Å². The smallest absolute Gasteiger partial charge is 0.315 e. The highest BCUT2D eigenvalue weighted by molar-refractivity contribution is 5.73. The van der Waals surface area contributed by atoms with E-state index in [1.54, 1.807) is 11.2 Å². The van der Waals surface area contributed by atoms with Crippen molar-refractivity contribution in [2.45, 2.75) is 32.4 Å². The van der Waals surface area contributed by atoms with E-state index in [2.05, 4.69) is 10.3 Å². The maximum Gasteiger partial charge on any atom is 0.315 e. The van der Waals surface area contributed by atoms with Crippen LogP contribution in [0.5, 0.6) is 0 Å². The number of aromatic nitrogens is 3. The highest BCUT2D eigenvalue weighted by atomic mass is 16.5. The maximum atomic E-state index is 11.4. The molecule has 4 heterocycles. The third-order valence-corrected chi connectivity index (χ3v) is 4.10. The number of hydrogen-bond donors (Lipinski definition) is 1. The van der Waals surface area contributed by atoms with Crippen LogP contribution in [0.3, 0.4) is 0 Å². The summed E-state index contributed by atoms with van der Waals surface area (Å²) in [6.07, 6.45) is 4.41. The Morgan fingerprint density at radius 3 is 3.10 bits per heavy atom. The number of fused-ring (bicyclic) bond motifs is 5. The molecule has 7 nitrogen and oxygen atoms in total. The van der Waals surface area contributed by atoms with Crippen LogP contribution in [0.1, 0.15) is 23.2 Å². The lowest BCUT2D eigenvalue weighted by Crippen LogP contribution is -2.39. The lowest BCUT2D eigenvalue weighted by molar-refractivity contribution is 0.202. The van der Waals surface area contributed by atoms with Crippen molar-refractivity contribution in [3.8, 4) is 11.4 Å². The predicted molar refractivity (Wildman–Crippen MR) is 69.7 cm³/mol. The second-order valence-electron chi connectivity index (χ2n) is 5.30. The van der Waals surface area contributed by atoms with Crippen LogP contribution in [0.4, 0.5) is 4.79 Å². The van der Waals surface area contributed by atoms with Crippen LogP contribution in [0, 0.1) is 0 Å². The van der Waals surface area contributed by atoms with Crippen molar-refractivity contribution in [1.29, 1.82) is 0 Å². The second kappa shape index (κ2) is 4.09. The van der Waals surface area contributed by atoms with Gasteiger partial charge in [0.25, 0.3) is 0 Å². The Kier molecular flexibility index (Phi) is 2.35. The van der Waals surface area contributed by atoms with E-state index in [4.69, 9.17) is 10.3 Å². The van der Waals surface area contributed by atoms with E-state index >= 15 is 0 Å². The van der Waals surface area contributed by atoms with Gasteiger partial charge in [0.15, 0.2) is 0 Å². The minimum absolute atomic E-state index is 0.385. The standard InChI is InChI=1S/C13H15N5O2/c14-13(19)17-5-3-10-9(6-17)12-11-8(7-20-16-11)2-1-4-18(12)15-10/h7H,1-6H2,(H2,14,19). The molecule has 0 atom stereocenters. The highest BCUT2D eigenvalue weighted by Gasteiger charge is 2.30. The maximum absolute atomic E-state index is 11.4. The Morgan fingerprint density at radius 1 is 1.35 bits per heavy atom. The molecule has 2 amide bonds. The van der Waals surface area contributed by atoms with Gasteiger partial charge in [0, 0.05) is 30.6 Å².